The number of rotatable bonds is 6. The van der Waals surface area contributed by atoms with E-state index in [9.17, 15) is 19.2 Å². The largest absolute Gasteiger partial charge is 0.459 e. The minimum absolute atomic E-state index is 0.0488. The molecule has 1 aromatic carbocycles. The lowest BCUT2D eigenvalue weighted by molar-refractivity contribution is -0.167. The molecule has 1 aliphatic heterocycles. The monoisotopic (exact) mass is 362 g/mol. The van der Waals surface area contributed by atoms with E-state index in [2.05, 4.69) is 0 Å². The Morgan fingerprint density at radius 3 is 2.42 bits per heavy atom. The van der Waals surface area contributed by atoms with Crippen LogP contribution in [0, 0.1) is 0 Å². The number of piperazine rings is 1. The molecule has 0 spiro atoms. The molecule has 0 radical (unpaired) electrons. The van der Waals surface area contributed by atoms with Gasteiger partial charge >= 0.3 is 5.97 Å². The molecule has 1 saturated heterocycles. The number of hydrogen-bond donors (Lipinski definition) is 2. The summed E-state index contributed by atoms with van der Waals surface area (Å²) < 4.78 is 5.15. The second kappa shape index (κ2) is 7.96. The average Bonchev–Trinajstić information content (AvgIpc) is 2.64. The molecule has 0 aromatic heterocycles. The molecule has 9 nitrogen and oxygen atoms in total. The van der Waals surface area contributed by atoms with Crippen molar-refractivity contribution in [2.45, 2.75) is 19.1 Å². The highest BCUT2D eigenvalue weighted by molar-refractivity contribution is 6.12. The highest BCUT2D eigenvalue weighted by Crippen LogP contribution is 2.23. The summed E-state index contributed by atoms with van der Waals surface area (Å²) in [6.45, 7) is 0.773. The van der Waals surface area contributed by atoms with Gasteiger partial charge in [0.25, 0.3) is 11.8 Å². The van der Waals surface area contributed by atoms with Gasteiger partial charge in [-0.3, -0.25) is 19.2 Å². The number of carbonyl (C=O) groups excluding carboxylic acids is 4. The highest BCUT2D eigenvalue weighted by Gasteiger charge is 2.52. The Labute approximate surface area is 150 Å². The van der Waals surface area contributed by atoms with Crippen LogP contribution in [0.1, 0.15) is 12.5 Å². The molecular weight excluding hydrogens is 340 g/mol. The topological polar surface area (TPSA) is 136 Å². The second-order valence-electron chi connectivity index (χ2n) is 6.06. The number of benzene rings is 1. The van der Waals surface area contributed by atoms with Gasteiger partial charge in [-0.2, -0.15) is 0 Å². The minimum Gasteiger partial charge on any atom is -0.459 e. The van der Waals surface area contributed by atoms with Crippen LogP contribution >= 0.6 is 0 Å². The maximum absolute atomic E-state index is 12.7. The lowest BCUT2D eigenvalue weighted by atomic mass is 9.93. The van der Waals surface area contributed by atoms with Gasteiger partial charge < -0.3 is 26.0 Å². The fourth-order valence-electron chi connectivity index (χ4n) is 2.78. The lowest BCUT2D eigenvalue weighted by Gasteiger charge is -2.45. The number of nitrogens with zero attached hydrogens (tertiary/aromatic N) is 2. The summed E-state index contributed by atoms with van der Waals surface area (Å²) in [4.78, 5) is 50.8. The minimum atomic E-state index is -1.88. The molecule has 1 heterocycles. The standard InChI is InChI=1S/C17H22N4O5/c1-17(15(19)24)16(25)20(7-8-21(17)13(22)9-18)10-14(23)26-11-12-5-3-2-4-6-12/h2-6H,7-11,18H2,1H3,(H2,19,24)/t17-/m0/s1. The van der Waals surface area contributed by atoms with Gasteiger partial charge in [0.05, 0.1) is 6.54 Å². The Kier molecular flexibility index (Phi) is 5.93. The van der Waals surface area contributed by atoms with Crippen LogP contribution in [-0.4, -0.2) is 65.2 Å². The first-order valence-corrected chi connectivity index (χ1v) is 8.10. The third-order valence-electron chi connectivity index (χ3n) is 4.36. The summed E-state index contributed by atoms with van der Waals surface area (Å²) in [5.74, 6) is -2.89. The van der Waals surface area contributed by atoms with Crippen LogP contribution in [0.15, 0.2) is 30.3 Å². The Balaban J connectivity index is 2.04. The van der Waals surface area contributed by atoms with Crippen LogP contribution in [0.3, 0.4) is 0 Å². The molecule has 0 saturated carbocycles. The summed E-state index contributed by atoms with van der Waals surface area (Å²) in [6, 6.07) is 9.09. The van der Waals surface area contributed by atoms with Gasteiger partial charge in [-0.05, 0) is 12.5 Å². The first kappa shape index (κ1) is 19.4. The number of amides is 3. The average molecular weight is 362 g/mol. The number of nitrogens with two attached hydrogens (primary N) is 2. The van der Waals surface area contributed by atoms with Gasteiger partial charge in [0, 0.05) is 13.1 Å². The third kappa shape index (κ3) is 3.83. The van der Waals surface area contributed by atoms with Crippen molar-refractivity contribution in [3.63, 3.8) is 0 Å². The normalized spacial score (nSPS) is 20.0. The number of carbonyl (C=O) groups is 4. The van der Waals surface area contributed by atoms with Crippen molar-refractivity contribution in [1.82, 2.24) is 9.80 Å². The summed E-state index contributed by atoms with van der Waals surface area (Å²) in [5, 5.41) is 0. The molecule has 140 valence electrons. The Bertz CT molecular complexity index is 708. The number of hydrogen-bond acceptors (Lipinski definition) is 6. The van der Waals surface area contributed by atoms with Crippen molar-refractivity contribution in [2.24, 2.45) is 11.5 Å². The fraction of sp³-hybridized carbons (Fsp3) is 0.412. The molecule has 2 rings (SSSR count). The van der Waals surface area contributed by atoms with E-state index in [0.717, 1.165) is 10.5 Å². The smallest absolute Gasteiger partial charge is 0.325 e. The first-order chi connectivity index (χ1) is 12.3. The predicted molar refractivity (Wildman–Crippen MR) is 91.2 cm³/mol. The predicted octanol–water partition coefficient (Wildman–Crippen LogP) is -1.40. The molecule has 1 fully saturated rings. The Morgan fingerprint density at radius 2 is 1.85 bits per heavy atom. The molecule has 26 heavy (non-hydrogen) atoms. The van der Waals surface area contributed by atoms with Crippen LogP contribution in [0.2, 0.25) is 0 Å². The van der Waals surface area contributed by atoms with Crippen LogP contribution < -0.4 is 11.5 Å². The Morgan fingerprint density at radius 1 is 1.19 bits per heavy atom. The molecular formula is C17H22N4O5. The van der Waals surface area contributed by atoms with Crippen molar-refractivity contribution in [3.05, 3.63) is 35.9 Å². The van der Waals surface area contributed by atoms with Crippen molar-refractivity contribution in [1.29, 1.82) is 0 Å². The van der Waals surface area contributed by atoms with Crippen molar-refractivity contribution in [3.8, 4) is 0 Å². The van der Waals surface area contributed by atoms with E-state index in [1.807, 2.05) is 18.2 Å². The molecule has 0 unspecified atom stereocenters. The van der Waals surface area contributed by atoms with E-state index in [1.54, 1.807) is 12.1 Å². The number of primary amides is 1. The van der Waals surface area contributed by atoms with Gasteiger partial charge in [-0.25, -0.2) is 0 Å². The maximum Gasteiger partial charge on any atom is 0.325 e. The fourth-order valence-corrected chi connectivity index (χ4v) is 2.78. The van der Waals surface area contributed by atoms with E-state index >= 15 is 0 Å². The zero-order valence-electron chi connectivity index (χ0n) is 14.5. The van der Waals surface area contributed by atoms with Gasteiger partial charge in [0.2, 0.25) is 5.91 Å². The molecule has 1 aromatic rings. The molecule has 3 amide bonds. The summed E-state index contributed by atoms with van der Waals surface area (Å²) >= 11 is 0. The molecule has 1 aliphatic rings. The van der Waals surface area contributed by atoms with Crippen LogP contribution in [0.25, 0.3) is 0 Å². The van der Waals surface area contributed by atoms with Crippen molar-refractivity contribution >= 4 is 23.7 Å². The zero-order valence-corrected chi connectivity index (χ0v) is 14.5. The first-order valence-electron chi connectivity index (χ1n) is 8.10. The summed E-state index contributed by atoms with van der Waals surface area (Å²) in [6.07, 6.45) is 0. The summed E-state index contributed by atoms with van der Waals surface area (Å²) in [5.41, 5.74) is 9.63. The molecule has 0 bridgehead atoms. The molecule has 0 aliphatic carbocycles. The molecule has 4 N–H and O–H groups in total. The van der Waals surface area contributed by atoms with Crippen LogP contribution in [0.4, 0.5) is 0 Å². The SMILES string of the molecule is C[C@]1(C(N)=O)C(=O)N(CC(=O)OCc2ccccc2)CCN1C(=O)CN. The maximum atomic E-state index is 12.7. The summed E-state index contributed by atoms with van der Waals surface area (Å²) in [7, 11) is 0. The molecule has 9 heteroatoms. The van der Waals surface area contributed by atoms with E-state index in [1.165, 1.54) is 11.8 Å². The van der Waals surface area contributed by atoms with Gasteiger partial charge in [0.15, 0.2) is 5.54 Å². The van der Waals surface area contributed by atoms with E-state index in [4.69, 9.17) is 16.2 Å². The molecule has 1 atom stereocenters. The van der Waals surface area contributed by atoms with E-state index in [-0.39, 0.29) is 32.8 Å². The zero-order chi connectivity index (χ0) is 19.3. The van der Waals surface area contributed by atoms with E-state index < -0.39 is 29.2 Å². The number of ether oxygens (including phenoxy) is 1. The van der Waals surface area contributed by atoms with Gasteiger partial charge in [-0.15, -0.1) is 0 Å². The number of esters is 1. The Hall–Kier alpha value is -2.94. The highest BCUT2D eigenvalue weighted by atomic mass is 16.5. The van der Waals surface area contributed by atoms with Crippen LogP contribution in [-0.2, 0) is 30.5 Å². The third-order valence-corrected chi connectivity index (χ3v) is 4.36. The lowest BCUT2D eigenvalue weighted by Crippen LogP contribution is -2.71. The van der Waals surface area contributed by atoms with Crippen LogP contribution in [0.5, 0.6) is 0 Å². The van der Waals surface area contributed by atoms with Gasteiger partial charge in [0.1, 0.15) is 13.2 Å². The van der Waals surface area contributed by atoms with Crippen molar-refractivity contribution in [2.75, 3.05) is 26.2 Å². The van der Waals surface area contributed by atoms with Crippen molar-refractivity contribution < 1.29 is 23.9 Å². The van der Waals surface area contributed by atoms with Gasteiger partial charge in [-0.1, -0.05) is 30.3 Å². The second-order valence-corrected chi connectivity index (χ2v) is 6.06. The quantitative estimate of drug-likeness (QED) is 0.472. The van der Waals surface area contributed by atoms with E-state index in [0.29, 0.717) is 0 Å².